The number of aromatic nitrogens is 1. The van der Waals surface area contributed by atoms with Gasteiger partial charge in [-0.25, -0.2) is 9.78 Å². The van der Waals surface area contributed by atoms with E-state index in [1.807, 2.05) is 41.0 Å². The number of anilines is 1. The second-order valence-electron chi connectivity index (χ2n) is 6.52. The predicted molar refractivity (Wildman–Crippen MR) is 114 cm³/mol. The summed E-state index contributed by atoms with van der Waals surface area (Å²) in [6, 6.07) is 17.4. The summed E-state index contributed by atoms with van der Waals surface area (Å²) in [6.45, 7) is 4.51. The van der Waals surface area contributed by atoms with Crippen LogP contribution in [0.5, 0.6) is 0 Å². The molecule has 0 radical (unpaired) electrons. The highest BCUT2D eigenvalue weighted by molar-refractivity contribution is 7.14. The third-order valence-corrected chi connectivity index (χ3v) is 5.18. The predicted octanol–water partition coefficient (Wildman–Crippen LogP) is 3.25. The summed E-state index contributed by atoms with van der Waals surface area (Å²) >= 11 is 1.37. The number of nitrogens with one attached hydrogen (secondary N) is 1. The van der Waals surface area contributed by atoms with Crippen molar-refractivity contribution in [2.24, 2.45) is 0 Å². The van der Waals surface area contributed by atoms with Crippen LogP contribution in [-0.4, -0.2) is 30.0 Å². The van der Waals surface area contributed by atoms with Crippen molar-refractivity contribution in [3.05, 3.63) is 71.1 Å². The van der Waals surface area contributed by atoms with Gasteiger partial charge in [0.25, 0.3) is 5.91 Å². The standard InChI is InChI=1S/C22H23N3O3S/c1-3-28-21(27)18-11-9-17(10-12-18)19-14-29-22(24-19)25-20(26)13-23-15(2)16-7-5-4-6-8-16/h4-12,14-15,23H,3,13H2,1-2H3,(H,24,25,26)/p+1/t15-/m0/s1. The SMILES string of the molecule is CCOC(=O)c1ccc(-c2csc(NC(=O)C[NH2+][C@@H](C)c3ccccc3)n2)cc1. The lowest BCUT2D eigenvalue weighted by Crippen LogP contribution is -2.86. The minimum atomic E-state index is -0.341. The molecule has 0 aliphatic carbocycles. The first-order valence-electron chi connectivity index (χ1n) is 9.48. The van der Waals surface area contributed by atoms with E-state index in [1.54, 1.807) is 19.1 Å². The molecule has 0 bridgehead atoms. The molecule has 2 aromatic carbocycles. The molecule has 0 saturated heterocycles. The maximum absolute atomic E-state index is 12.2. The van der Waals surface area contributed by atoms with Gasteiger partial charge in [0, 0.05) is 16.5 Å². The first kappa shape index (κ1) is 20.7. The summed E-state index contributed by atoms with van der Waals surface area (Å²) in [5.41, 5.74) is 3.31. The van der Waals surface area contributed by atoms with Crippen molar-refractivity contribution in [1.82, 2.24) is 4.98 Å². The van der Waals surface area contributed by atoms with Gasteiger partial charge in [-0.2, -0.15) is 0 Å². The van der Waals surface area contributed by atoms with E-state index in [0.717, 1.165) is 11.3 Å². The van der Waals surface area contributed by atoms with Gasteiger partial charge in [0.15, 0.2) is 11.7 Å². The number of esters is 1. The molecule has 29 heavy (non-hydrogen) atoms. The molecule has 0 spiro atoms. The number of hydrogen-bond acceptors (Lipinski definition) is 5. The molecular formula is C22H24N3O3S+. The van der Waals surface area contributed by atoms with Crippen LogP contribution in [0.15, 0.2) is 60.0 Å². The Morgan fingerprint density at radius 1 is 1.14 bits per heavy atom. The van der Waals surface area contributed by atoms with Gasteiger partial charge in [-0.05, 0) is 26.0 Å². The Kier molecular flexibility index (Phi) is 7.10. The van der Waals surface area contributed by atoms with E-state index in [0.29, 0.717) is 23.8 Å². The van der Waals surface area contributed by atoms with E-state index >= 15 is 0 Å². The number of benzene rings is 2. The maximum atomic E-state index is 12.2. The molecule has 0 fully saturated rings. The van der Waals surface area contributed by atoms with Crippen molar-refractivity contribution in [3.8, 4) is 11.3 Å². The third kappa shape index (κ3) is 5.73. The van der Waals surface area contributed by atoms with Crippen LogP contribution in [0.4, 0.5) is 5.13 Å². The lowest BCUT2D eigenvalue weighted by Gasteiger charge is -2.10. The van der Waals surface area contributed by atoms with Crippen LogP contribution >= 0.6 is 11.3 Å². The lowest BCUT2D eigenvalue weighted by molar-refractivity contribution is -0.682. The zero-order valence-electron chi connectivity index (χ0n) is 16.4. The van der Waals surface area contributed by atoms with Crippen LogP contribution < -0.4 is 10.6 Å². The second kappa shape index (κ2) is 9.95. The monoisotopic (exact) mass is 410 g/mol. The quantitative estimate of drug-likeness (QED) is 0.558. The molecular weight excluding hydrogens is 386 g/mol. The third-order valence-electron chi connectivity index (χ3n) is 4.42. The van der Waals surface area contributed by atoms with Crippen molar-refractivity contribution in [3.63, 3.8) is 0 Å². The molecule has 3 rings (SSSR count). The van der Waals surface area contributed by atoms with Crippen molar-refractivity contribution in [1.29, 1.82) is 0 Å². The summed E-state index contributed by atoms with van der Waals surface area (Å²) in [4.78, 5) is 28.5. The van der Waals surface area contributed by atoms with Gasteiger partial charge in [0.05, 0.1) is 17.9 Å². The zero-order valence-corrected chi connectivity index (χ0v) is 17.2. The van der Waals surface area contributed by atoms with E-state index in [1.165, 1.54) is 16.9 Å². The average molecular weight is 411 g/mol. The van der Waals surface area contributed by atoms with Crippen LogP contribution in [0.3, 0.4) is 0 Å². The van der Waals surface area contributed by atoms with E-state index in [-0.39, 0.29) is 17.9 Å². The smallest absolute Gasteiger partial charge is 0.338 e. The number of rotatable bonds is 8. The summed E-state index contributed by atoms with van der Waals surface area (Å²) in [6.07, 6.45) is 0. The Hall–Kier alpha value is -3.03. The van der Waals surface area contributed by atoms with Gasteiger partial charge in [-0.3, -0.25) is 10.1 Å². The topological polar surface area (TPSA) is 84.9 Å². The average Bonchev–Trinajstić information content (AvgIpc) is 3.21. The summed E-state index contributed by atoms with van der Waals surface area (Å²) in [5, 5.41) is 7.28. The van der Waals surface area contributed by atoms with E-state index in [4.69, 9.17) is 4.74 Å². The lowest BCUT2D eigenvalue weighted by atomic mass is 10.1. The van der Waals surface area contributed by atoms with Gasteiger partial charge in [-0.15, -0.1) is 11.3 Å². The largest absolute Gasteiger partial charge is 0.462 e. The van der Waals surface area contributed by atoms with Crippen molar-refractivity contribution >= 4 is 28.3 Å². The molecule has 3 N–H and O–H groups in total. The molecule has 1 atom stereocenters. The fraction of sp³-hybridized carbons (Fsp3) is 0.227. The first-order valence-corrected chi connectivity index (χ1v) is 10.4. The number of thiazole rings is 1. The van der Waals surface area contributed by atoms with E-state index in [9.17, 15) is 9.59 Å². The van der Waals surface area contributed by atoms with E-state index < -0.39 is 0 Å². The molecule has 0 aliphatic rings. The Morgan fingerprint density at radius 3 is 2.55 bits per heavy atom. The fourth-order valence-electron chi connectivity index (χ4n) is 2.80. The molecule has 0 unspecified atom stereocenters. The normalized spacial score (nSPS) is 11.7. The molecule has 1 amide bonds. The molecule has 7 heteroatoms. The number of nitrogens with zero attached hydrogens (tertiary/aromatic N) is 1. The molecule has 150 valence electrons. The molecule has 0 saturated carbocycles. The minimum Gasteiger partial charge on any atom is -0.462 e. The van der Waals surface area contributed by atoms with Crippen LogP contribution in [0, 0.1) is 0 Å². The summed E-state index contributed by atoms with van der Waals surface area (Å²) in [7, 11) is 0. The Labute approximate surface area is 173 Å². The van der Waals surface area contributed by atoms with Crippen molar-refractivity contribution < 1.29 is 19.6 Å². The first-order chi connectivity index (χ1) is 14.1. The molecule has 6 nitrogen and oxygen atoms in total. The van der Waals surface area contributed by atoms with Crippen LogP contribution in [-0.2, 0) is 9.53 Å². The minimum absolute atomic E-state index is 0.0914. The van der Waals surface area contributed by atoms with Crippen molar-refractivity contribution in [2.75, 3.05) is 18.5 Å². The van der Waals surface area contributed by atoms with Gasteiger partial charge in [0.1, 0.15) is 6.04 Å². The summed E-state index contributed by atoms with van der Waals surface area (Å²) < 4.78 is 4.99. The number of carbonyl (C=O) groups is 2. The Balaban J connectivity index is 1.54. The number of quaternary nitrogens is 1. The van der Waals surface area contributed by atoms with Crippen LogP contribution in [0.25, 0.3) is 11.3 Å². The second-order valence-corrected chi connectivity index (χ2v) is 7.38. The molecule has 1 heterocycles. The van der Waals surface area contributed by atoms with Gasteiger partial charge in [-0.1, -0.05) is 42.5 Å². The number of hydrogen-bond donors (Lipinski definition) is 2. The van der Waals surface area contributed by atoms with Crippen LogP contribution in [0.1, 0.15) is 35.8 Å². The number of nitrogens with two attached hydrogens (primary N) is 1. The molecule has 3 aromatic rings. The Bertz CT molecular complexity index is 955. The fourth-order valence-corrected chi connectivity index (χ4v) is 3.54. The summed E-state index contributed by atoms with van der Waals surface area (Å²) in [5.74, 6) is -0.433. The van der Waals surface area contributed by atoms with E-state index in [2.05, 4.69) is 29.4 Å². The maximum Gasteiger partial charge on any atom is 0.338 e. The van der Waals surface area contributed by atoms with Gasteiger partial charge < -0.3 is 10.1 Å². The van der Waals surface area contributed by atoms with Crippen molar-refractivity contribution in [2.45, 2.75) is 19.9 Å². The van der Waals surface area contributed by atoms with Gasteiger partial charge in [0.2, 0.25) is 0 Å². The molecule has 1 aromatic heterocycles. The number of ether oxygens (including phenoxy) is 1. The highest BCUT2D eigenvalue weighted by Gasteiger charge is 2.13. The highest BCUT2D eigenvalue weighted by Crippen LogP contribution is 2.25. The van der Waals surface area contributed by atoms with Crippen LogP contribution in [0.2, 0.25) is 0 Å². The number of carbonyl (C=O) groups excluding carboxylic acids is 2. The highest BCUT2D eigenvalue weighted by atomic mass is 32.1. The van der Waals surface area contributed by atoms with Gasteiger partial charge >= 0.3 is 5.97 Å². The number of amides is 1. The Morgan fingerprint density at radius 2 is 1.86 bits per heavy atom. The zero-order chi connectivity index (χ0) is 20.6. The molecule has 0 aliphatic heterocycles.